The molecule has 3 nitrogen and oxygen atoms in total. The molecule has 0 radical (unpaired) electrons. The van der Waals surface area contributed by atoms with Gasteiger partial charge in [-0.05, 0) is 72.3 Å². The van der Waals surface area contributed by atoms with Gasteiger partial charge in [-0.1, -0.05) is 35.9 Å². The largest absolute Gasteiger partial charge is 0.478 e. The van der Waals surface area contributed by atoms with Crippen LogP contribution in [0.4, 0.5) is 5.69 Å². The van der Waals surface area contributed by atoms with Crippen LogP contribution in [0.1, 0.15) is 52.7 Å². The van der Waals surface area contributed by atoms with Crippen LogP contribution in [0, 0.1) is 17.8 Å². The van der Waals surface area contributed by atoms with Crippen LogP contribution in [0.5, 0.6) is 0 Å². The van der Waals surface area contributed by atoms with Crippen molar-refractivity contribution < 1.29 is 9.90 Å². The van der Waals surface area contributed by atoms with Crippen LogP contribution in [0.15, 0.2) is 42.5 Å². The van der Waals surface area contributed by atoms with Gasteiger partial charge in [-0.2, -0.15) is 0 Å². The average molecular weight is 354 g/mol. The van der Waals surface area contributed by atoms with Gasteiger partial charge in [0, 0.05) is 5.02 Å². The topological polar surface area (TPSA) is 49.3 Å². The van der Waals surface area contributed by atoms with Crippen LogP contribution in [-0.4, -0.2) is 11.1 Å². The number of anilines is 1. The molecule has 0 unspecified atom stereocenters. The van der Waals surface area contributed by atoms with Gasteiger partial charge in [-0.3, -0.25) is 0 Å². The second-order valence-electron chi connectivity index (χ2n) is 7.69. The standard InChI is InChI=1S/C21H20ClNO2/c22-14-4-1-3-13(10-14)19-18-12-8-7-11(9-12)17(18)15-5-2-6-16(21(24)25)20(15)23-19/h1-6,10-12,17-19,23H,7-9H2,(H,24,25)/t11-,12-,17-,18+,19+/m0/s1. The number of hydrogen-bond acceptors (Lipinski definition) is 2. The Hall–Kier alpha value is -2.00. The third kappa shape index (κ3) is 2.22. The van der Waals surface area contributed by atoms with E-state index in [1.165, 1.54) is 30.4 Å². The molecule has 3 aliphatic rings. The van der Waals surface area contributed by atoms with Crippen LogP contribution in [0.3, 0.4) is 0 Å². The van der Waals surface area contributed by atoms with Crippen molar-refractivity contribution in [3.63, 3.8) is 0 Å². The Morgan fingerprint density at radius 3 is 2.72 bits per heavy atom. The number of benzene rings is 2. The maximum absolute atomic E-state index is 11.8. The monoisotopic (exact) mass is 353 g/mol. The summed E-state index contributed by atoms with van der Waals surface area (Å²) >= 11 is 6.25. The first kappa shape index (κ1) is 15.3. The molecule has 2 aromatic rings. The minimum Gasteiger partial charge on any atom is -0.478 e. The van der Waals surface area contributed by atoms with E-state index in [0.29, 0.717) is 29.2 Å². The van der Waals surface area contributed by atoms with E-state index in [-0.39, 0.29) is 6.04 Å². The molecule has 128 valence electrons. The second kappa shape index (κ2) is 5.50. The minimum absolute atomic E-state index is 0.131. The van der Waals surface area contributed by atoms with Crippen LogP contribution in [0.25, 0.3) is 0 Å². The summed E-state index contributed by atoms with van der Waals surface area (Å²) in [5.41, 5.74) is 3.57. The molecule has 2 N–H and O–H groups in total. The Labute approximate surface area is 152 Å². The summed E-state index contributed by atoms with van der Waals surface area (Å²) in [6.45, 7) is 0. The van der Waals surface area contributed by atoms with Crippen molar-refractivity contribution in [2.45, 2.75) is 31.2 Å². The number of rotatable bonds is 2. The second-order valence-corrected chi connectivity index (χ2v) is 8.12. The minimum atomic E-state index is -0.865. The zero-order valence-electron chi connectivity index (χ0n) is 13.8. The molecule has 2 saturated carbocycles. The van der Waals surface area contributed by atoms with Crippen LogP contribution >= 0.6 is 11.6 Å². The van der Waals surface area contributed by atoms with E-state index in [4.69, 9.17) is 11.6 Å². The Morgan fingerprint density at radius 1 is 1.12 bits per heavy atom. The van der Waals surface area contributed by atoms with Gasteiger partial charge >= 0.3 is 5.97 Å². The first-order valence-electron chi connectivity index (χ1n) is 9.01. The fraction of sp³-hybridized carbons (Fsp3) is 0.381. The number of carboxylic acid groups (broad SMARTS) is 1. The summed E-state index contributed by atoms with van der Waals surface area (Å²) in [5, 5.41) is 14.0. The van der Waals surface area contributed by atoms with Gasteiger partial charge < -0.3 is 10.4 Å². The van der Waals surface area contributed by atoms with Crippen molar-refractivity contribution in [2.75, 3.05) is 5.32 Å². The maximum Gasteiger partial charge on any atom is 0.337 e. The fourth-order valence-electron chi connectivity index (χ4n) is 5.72. The summed E-state index contributed by atoms with van der Waals surface area (Å²) in [6.07, 6.45) is 3.83. The molecule has 5 rings (SSSR count). The summed E-state index contributed by atoms with van der Waals surface area (Å²) < 4.78 is 0. The average Bonchev–Trinajstić information content (AvgIpc) is 3.22. The molecular formula is C21H20ClNO2. The first-order chi connectivity index (χ1) is 12.1. The smallest absolute Gasteiger partial charge is 0.337 e. The van der Waals surface area contributed by atoms with Crippen molar-refractivity contribution in [2.24, 2.45) is 17.8 Å². The van der Waals surface area contributed by atoms with E-state index >= 15 is 0 Å². The normalized spacial score (nSPS) is 32.0. The Morgan fingerprint density at radius 2 is 1.92 bits per heavy atom. The third-order valence-electron chi connectivity index (χ3n) is 6.56. The number of hydrogen-bond donors (Lipinski definition) is 2. The highest BCUT2D eigenvalue weighted by molar-refractivity contribution is 6.30. The first-order valence-corrected chi connectivity index (χ1v) is 9.39. The molecule has 2 aliphatic carbocycles. The highest BCUT2D eigenvalue weighted by Gasteiger charge is 2.54. The summed E-state index contributed by atoms with van der Waals surface area (Å²) in [7, 11) is 0. The van der Waals surface area contributed by atoms with E-state index < -0.39 is 5.97 Å². The predicted molar refractivity (Wildman–Crippen MR) is 98.3 cm³/mol. The van der Waals surface area contributed by atoms with Gasteiger partial charge in [-0.25, -0.2) is 4.79 Å². The molecule has 4 heteroatoms. The van der Waals surface area contributed by atoms with E-state index in [9.17, 15) is 9.90 Å². The van der Waals surface area contributed by atoms with Crippen molar-refractivity contribution in [3.8, 4) is 0 Å². The molecule has 2 bridgehead atoms. The predicted octanol–water partition coefficient (Wildman–Crippen LogP) is 5.33. The molecule has 2 aromatic carbocycles. The quantitative estimate of drug-likeness (QED) is 0.766. The van der Waals surface area contributed by atoms with Crippen molar-refractivity contribution in [1.82, 2.24) is 0 Å². The van der Waals surface area contributed by atoms with Crippen LogP contribution in [-0.2, 0) is 0 Å². The lowest BCUT2D eigenvalue weighted by Gasteiger charge is -2.44. The lowest BCUT2D eigenvalue weighted by atomic mass is 9.67. The molecule has 25 heavy (non-hydrogen) atoms. The van der Waals surface area contributed by atoms with Crippen molar-refractivity contribution in [3.05, 3.63) is 64.2 Å². The number of carbonyl (C=O) groups is 1. The van der Waals surface area contributed by atoms with Crippen molar-refractivity contribution >= 4 is 23.3 Å². The number of fused-ring (bicyclic) bond motifs is 7. The van der Waals surface area contributed by atoms with Gasteiger partial charge in [0.05, 0.1) is 17.3 Å². The van der Waals surface area contributed by atoms with Crippen LogP contribution in [0.2, 0.25) is 5.02 Å². The van der Waals surface area contributed by atoms with Gasteiger partial charge in [0.15, 0.2) is 0 Å². The third-order valence-corrected chi connectivity index (χ3v) is 6.79. The van der Waals surface area contributed by atoms with Crippen molar-refractivity contribution in [1.29, 1.82) is 0 Å². The highest BCUT2D eigenvalue weighted by Crippen LogP contribution is 2.64. The van der Waals surface area contributed by atoms with E-state index in [1.807, 2.05) is 24.3 Å². The molecular weight excluding hydrogens is 334 g/mol. The molecule has 5 atom stereocenters. The maximum atomic E-state index is 11.8. The van der Waals surface area contributed by atoms with E-state index in [2.05, 4.69) is 17.4 Å². The molecule has 0 amide bonds. The molecule has 0 spiro atoms. The van der Waals surface area contributed by atoms with Crippen LogP contribution < -0.4 is 5.32 Å². The molecule has 0 saturated heterocycles. The highest BCUT2D eigenvalue weighted by atomic mass is 35.5. The molecule has 1 aliphatic heterocycles. The van der Waals surface area contributed by atoms with Gasteiger partial charge in [0.1, 0.15) is 0 Å². The van der Waals surface area contributed by atoms with Gasteiger partial charge in [-0.15, -0.1) is 0 Å². The number of aromatic carboxylic acids is 1. The Kier molecular flexibility index (Phi) is 3.36. The molecule has 0 aromatic heterocycles. The summed E-state index contributed by atoms with van der Waals surface area (Å²) in [5.74, 6) is 1.51. The zero-order chi connectivity index (χ0) is 17.1. The molecule has 1 heterocycles. The lowest BCUT2D eigenvalue weighted by molar-refractivity contribution is 0.0697. The zero-order valence-corrected chi connectivity index (χ0v) is 14.5. The van der Waals surface area contributed by atoms with Gasteiger partial charge in [0.2, 0.25) is 0 Å². The summed E-state index contributed by atoms with van der Waals surface area (Å²) in [4.78, 5) is 11.8. The number of carboxylic acids is 1. The Balaban J connectivity index is 1.68. The summed E-state index contributed by atoms with van der Waals surface area (Å²) in [6, 6.07) is 13.9. The Bertz CT molecular complexity index is 865. The van der Waals surface area contributed by atoms with Gasteiger partial charge in [0.25, 0.3) is 0 Å². The SMILES string of the molecule is O=C(O)c1cccc2c1N[C@H](c1cccc(Cl)c1)[C@@H]1[C@H]3CC[C@@H](C3)[C@@H]21. The molecule has 2 fully saturated rings. The van der Waals surface area contributed by atoms with E-state index in [0.717, 1.165) is 10.7 Å². The lowest BCUT2D eigenvalue weighted by Crippen LogP contribution is -2.36. The number of halogens is 1. The fourth-order valence-corrected chi connectivity index (χ4v) is 5.92. The van der Waals surface area contributed by atoms with E-state index in [1.54, 1.807) is 6.07 Å². The number of para-hydroxylation sites is 1. The number of nitrogens with one attached hydrogen (secondary N) is 1.